The van der Waals surface area contributed by atoms with Gasteiger partial charge in [0.05, 0.1) is 18.5 Å². The smallest absolute Gasteiger partial charge is 0.187 e. The van der Waals surface area contributed by atoms with Crippen LogP contribution in [0.3, 0.4) is 0 Å². The number of nitrogens with one attached hydrogen (secondary N) is 2. The van der Waals surface area contributed by atoms with E-state index in [9.17, 15) is 0 Å². The SMILES string of the molecule is C=C(C)[C@@H]1CC=C(C)/C(=N\NC(=S)NCc2ccco2)C1. The summed E-state index contributed by atoms with van der Waals surface area (Å²) in [5.41, 5.74) is 6.34. The molecular formula is C16H21N3OS. The van der Waals surface area contributed by atoms with E-state index in [1.54, 1.807) is 6.26 Å². The van der Waals surface area contributed by atoms with E-state index in [0.717, 1.165) is 24.3 Å². The number of rotatable bonds is 4. The second kappa shape index (κ2) is 7.22. The summed E-state index contributed by atoms with van der Waals surface area (Å²) in [5.74, 6) is 1.31. The normalized spacial score (nSPS) is 20.0. The van der Waals surface area contributed by atoms with E-state index in [2.05, 4.69) is 42.3 Å². The Hall–Kier alpha value is -1.88. The van der Waals surface area contributed by atoms with Crippen molar-refractivity contribution in [3.05, 3.63) is 48.0 Å². The number of hydrogen-bond acceptors (Lipinski definition) is 3. The highest BCUT2D eigenvalue weighted by molar-refractivity contribution is 7.80. The average Bonchev–Trinajstić information content (AvgIpc) is 2.97. The zero-order valence-electron chi connectivity index (χ0n) is 12.5. The fourth-order valence-electron chi connectivity index (χ4n) is 2.16. The number of nitrogens with zero attached hydrogens (tertiary/aromatic N) is 1. The van der Waals surface area contributed by atoms with Crippen molar-refractivity contribution >= 4 is 23.0 Å². The van der Waals surface area contributed by atoms with E-state index >= 15 is 0 Å². The van der Waals surface area contributed by atoms with Crippen LogP contribution < -0.4 is 10.7 Å². The van der Waals surface area contributed by atoms with Crippen LogP contribution in [0.15, 0.2) is 51.7 Å². The van der Waals surface area contributed by atoms with Crippen molar-refractivity contribution in [3.63, 3.8) is 0 Å². The van der Waals surface area contributed by atoms with Gasteiger partial charge in [0.1, 0.15) is 5.76 Å². The molecule has 0 fully saturated rings. The molecule has 2 N–H and O–H groups in total. The van der Waals surface area contributed by atoms with Gasteiger partial charge in [-0.15, -0.1) is 0 Å². The maximum Gasteiger partial charge on any atom is 0.187 e. The Morgan fingerprint density at radius 1 is 1.57 bits per heavy atom. The van der Waals surface area contributed by atoms with Crippen LogP contribution in [0.4, 0.5) is 0 Å². The predicted octanol–water partition coefficient (Wildman–Crippen LogP) is 3.53. The first-order valence-corrected chi connectivity index (χ1v) is 7.42. The molecule has 1 aromatic rings. The Morgan fingerprint density at radius 3 is 3.05 bits per heavy atom. The quantitative estimate of drug-likeness (QED) is 0.507. The third-order valence-corrected chi connectivity index (χ3v) is 3.83. The molecule has 0 saturated carbocycles. The molecule has 0 saturated heterocycles. The van der Waals surface area contributed by atoms with Gasteiger partial charge in [0.25, 0.3) is 0 Å². The number of hydrogen-bond donors (Lipinski definition) is 2. The molecule has 0 spiro atoms. The molecule has 1 aliphatic carbocycles. The Balaban J connectivity index is 1.87. The Labute approximate surface area is 131 Å². The molecule has 1 heterocycles. The van der Waals surface area contributed by atoms with Gasteiger partial charge in [0.15, 0.2) is 5.11 Å². The topological polar surface area (TPSA) is 49.6 Å². The van der Waals surface area contributed by atoms with Crippen molar-refractivity contribution in [1.82, 2.24) is 10.7 Å². The molecule has 0 unspecified atom stereocenters. The van der Waals surface area contributed by atoms with Crippen LogP contribution in [0.1, 0.15) is 32.4 Å². The maximum atomic E-state index is 5.23. The van der Waals surface area contributed by atoms with E-state index in [1.165, 1.54) is 11.1 Å². The van der Waals surface area contributed by atoms with E-state index in [-0.39, 0.29) is 0 Å². The largest absolute Gasteiger partial charge is 0.467 e. The highest BCUT2D eigenvalue weighted by atomic mass is 32.1. The molecule has 1 aromatic heterocycles. The fourth-order valence-corrected chi connectivity index (χ4v) is 2.28. The zero-order chi connectivity index (χ0) is 15.2. The first-order chi connectivity index (χ1) is 10.1. The third kappa shape index (κ3) is 4.56. The Morgan fingerprint density at radius 2 is 2.38 bits per heavy atom. The molecule has 21 heavy (non-hydrogen) atoms. The van der Waals surface area contributed by atoms with Gasteiger partial charge in [-0.05, 0) is 62.5 Å². The van der Waals surface area contributed by atoms with Crippen molar-refractivity contribution in [2.24, 2.45) is 11.0 Å². The highest BCUT2D eigenvalue weighted by Gasteiger charge is 2.18. The van der Waals surface area contributed by atoms with Gasteiger partial charge in [-0.25, -0.2) is 0 Å². The van der Waals surface area contributed by atoms with E-state index < -0.39 is 0 Å². The second-order valence-corrected chi connectivity index (χ2v) is 5.71. The molecule has 0 amide bonds. The summed E-state index contributed by atoms with van der Waals surface area (Å²) in [6.45, 7) is 8.73. The molecule has 0 bridgehead atoms. The number of hydrazone groups is 1. The molecule has 0 aliphatic heterocycles. The van der Waals surface area contributed by atoms with Gasteiger partial charge in [-0.2, -0.15) is 5.10 Å². The van der Waals surface area contributed by atoms with Crippen LogP contribution in [-0.2, 0) is 6.54 Å². The van der Waals surface area contributed by atoms with E-state index in [0.29, 0.717) is 17.6 Å². The number of furan rings is 1. The summed E-state index contributed by atoms with van der Waals surface area (Å²) >= 11 is 5.21. The lowest BCUT2D eigenvalue weighted by molar-refractivity contribution is 0.502. The molecule has 0 radical (unpaired) electrons. The van der Waals surface area contributed by atoms with Gasteiger partial charge in [-0.3, -0.25) is 5.43 Å². The lowest BCUT2D eigenvalue weighted by Crippen LogP contribution is -2.32. The monoisotopic (exact) mass is 303 g/mol. The van der Waals surface area contributed by atoms with Gasteiger partial charge in [0, 0.05) is 0 Å². The van der Waals surface area contributed by atoms with Crippen LogP contribution in [0.25, 0.3) is 0 Å². The molecule has 1 aliphatic rings. The van der Waals surface area contributed by atoms with Crippen molar-refractivity contribution in [3.8, 4) is 0 Å². The van der Waals surface area contributed by atoms with Crippen LogP contribution in [0, 0.1) is 5.92 Å². The minimum Gasteiger partial charge on any atom is -0.467 e. The third-order valence-electron chi connectivity index (χ3n) is 3.60. The summed E-state index contributed by atoms with van der Waals surface area (Å²) in [6, 6.07) is 3.74. The molecule has 2 rings (SSSR count). The fraction of sp³-hybridized carbons (Fsp3) is 0.375. The minimum atomic E-state index is 0.471. The van der Waals surface area contributed by atoms with Crippen molar-refractivity contribution in [2.45, 2.75) is 33.2 Å². The summed E-state index contributed by atoms with van der Waals surface area (Å²) in [6.07, 6.45) is 5.80. The predicted molar refractivity (Wildman–Crippen MR) is 90.0 cm³/mol. The van der Waals surface area contributed by atoms with Crippen LogP contribution in [-0.4, -0.2) is 10.8 Å². The van der Waals surface area contributed by atoms with Crippen LogP contribution in [0.2, 0.25) is 0 Å². The van der Waals surface area contributed by atoms with E-state index in [1.807, 2.05) is 12.1 Å². The van der Waals surface area contributed by atoms with Gasteiger partial charge in [-0.1, -0.05) is 18.2 Å². The van der Waals surface area contributed by atoms with Crippen LogP contribution >= 0.6 is 12.2 Å². The Bertz CT molecular complexity index is 572. The zero-order valence-corrected chi connectivity index (χ0v) is 13.3. The van der Waals surface area contributed by atoms with Gasteiger partial charge >= 0.3 is 0 Å². The first kappa shape index (κ1) is 15.5. The molecule has 5 heteroatoms. The lowest BCUT2D eigenvalue weighted by Gasteiger charge is -2.22. The Kier molecular flexibility index (Phi) is 5.33. The highest BCUT2D eigenvalue weighted by Crippen LogP contribution is 2.26. The van der Waals surface area contributed by atoms with Gasteiger partial charge < -0.3 is 9.73 Å². The number of thiocarbonyl (C=S) groups is 1. The first-order valence-electron chi connectivity index (χ1n) is 7.01. The maximum absolute atomic E-state index is 5.23. The second-order valence-electron chi connectivity index (χ2n) is 5.30. The van der Waals surface area contributed by atoms with Crippen molar-refractivity contribution in [2.75, 3.05) is 0 Å². The minimum absolute atomic E-state index is 0.471. The summed E-state index contributed by atoms with van der Waals surface area (Å²) in [7, 11) is 0. The molecule has 112 valence electrons. The lowest BCUT2D eigenvalue weighted by atomic mass is 9.85. The van der Waals surface area contributed by atoms with E-state index in [4.69, 9.17) is 16.6 Å². The molecule has 0 aromatic carbocycles. The van der Waals surface area contributed by atoms with Gasteiger partial charge in [0.2, 0.25) is 0 Å². The van der Waals surface area contributed by atoms with Crippen molar-refractivity contribution < 1.29 is 4.42 Å². The average molecular weight is 303 g/mol. The molecular weight excluding hydrogens is 282 g/mol. The van der Waals surface area contributed by atoms with Crippen LogP contribution in [0.5, 0.6) is 0 Å². The molecule has 1 atom stereocenters. The summed E-state index contributed by atoms with van der Waals surface area (Å²) in [4.78, 5) is 0. The molecule has 4 nitrogen and oxygen atoms in total. The van der Waals surface area contributed by atoms with Crippen molar-refractivity contribution in [1.29, 1.82) is 0 Å². The standard InChI is InChI=1S/C16H21N3OS/c1-11(2)13-7-6-12(3)15(9-13)18-19-16(21)17-10-14-5-4-8-20-14/h4-6,8,13H,1,7,9-10H2,2-3H3,(H2,17,19,21)/b18-15-/t13-/m1/s1. The number of allylic oxidation sites excluding steroid dienone is 3. The summed E-state index contributed by atoms with van der Waals surface area (Å²) < 4.78 is 5.23. The summed E-state index contributed by atoms with van der Waals surface area (Å²) in [5, 5.41) is 7.97.